The van der Waals surface area contributed by atoms with Gasteiger partial charge in [-0.1, -0.05) is 0 Å². The maximum Gasteiger partial charge on any atom is 0.338 e. The summed E-state index contributed by atoms with van der Waals surface area (Å²) in [5, 5.41) is 16.4. The van der Waals surface area contributed by atoms with E-state index in [0.717, 1.165) is 0 Å². The number of benzene rings is 4. The minimum atomic E-state index is -0.767. The Morgan fingerprint density at radius 1 is 0.432 bits per heavy atom. The lowest BCUT2D eigenvalue weighted by Gasteiger charge is -2.48. The van der Waals surface area contributed by atoms with E-state index in [1.165, 1.54) is 87.5 Å². The average Bonchev–Trinajstić information content (AvgIpc) is 4.03. The van der Waals surface area contributed by atoms with Crippen LogP contribution in [0.4, 0.5) is 11.4 Å². The summed E-state index contributed by atoms with van der Waals surface area (Å²) in [5.41, 5.74) is -0.637. The summed E-state index contributed by atoms with van der Waals surface area (Å²) in [5.74, 6) is -4.66. The van der Waals surface area contributed by atoms with Gasteiger partial charge in [-0.3, -0.25) is 53.1 Å². The fraction of sp³-hybridized carbons (Fsp3) is 0.468. The third-order valence-electron chi connectivity index (χ3n) is 16.2. The molecule has 0 spiro atoms. The van der Waals surface area contributed by atoms with Gasteiger partial charge in [-0.05, 0) is 194 Å². The average molecular weight is 1110 g/mol. The maximum absolute atomic E-state index is 14.2. The first-order valence-electron chi connectivity index (χ1n) is 27.7. The van der Waals surface area contributed by atoms with Gasteiger partial charge in [0.2, 0.25) is 0 Å². The van der Waals surface area contributed by atoms with Crippen molar-refractivity contribution in [2.24, 2.45) is 0 Å². The Morgan fingerprint density at radius 2 is 0.765 bits per heavy atom. The number of anilines is 2. The molecule has 3 saturated heterocycles. The summed E-state index contributed by atoms with van der Waals surface area (Å²) < 4.78 is 11.7. The second-order valence-electron chi connectivity index (χ2n) is 26.7. The first kappa shape index (κ1) is 56.7. The lowest BCUT2D eigenvalue weighted by molar-refractivity contribution is 0.0393. The number of piperidine rings is 3. The van der Waals surface area contributed by atoms with Crippen molar-refractivity contribution in [3.05, 3.63) is 123 Å². The number of esters is 1. The first-order valence-corrected chi connectivity index (χ1v) is 27.7. The number of carbonyl (C=O) groups excluding carboxylic acids is 9. The third kappa shape index (κ3) is 11.1. The number of hydrogen-bond donors (Lipinski definition) is 5. The van der Waals surface area contributed by atoms with Crippen LogP contribution in [0.2, 0.25) is 0 Å². The number of hydrogen-bond acceptors (Lipinski definition) is 14. The molecule has 4 aromatic carbocycles. The van der Waals surface area contributed by atoms with Crippen molar-refractivity contribution in [3.63, 3.8) is 0 Å². The van der Waals surface area contributed by atoms with Gasteiger partial charge in [0.15, 0.2) is 0 Å². The Kier molecular flexibility index (Phi) is 13.9. The second-order valence-corrected chi connectivity index (χ2v) is 26.7. The highest BCUT2D eigenvalue weighted by atomic mass is 16.6. The molecule has 10 rings (SSSR count). The van der Waals surface area contributed by atoms with Gasteiger partial charge in [0, 0.05) is 68.2 Å². The smallest absolute Gasteiger partial charge is 0.338 e. The van der Waals surface area contributed by atoms with E-state index in [0.29, 0.717) is 38.5 Å². The molecule has 3 fully saturated rings. The van der Waals surface area contributed by atoms with Gasteiger partial charge in [0.1, 0.15) is 19.0 Å². The number of carbonyl (C=O) groups is 9. The number of rotatable bonds is 12. The van der Waals surface area contributed by atoms with Gasteiger partial charge in [0.25, 0.3) is 47.3 Å². The molecule has 0 atom stereocenters. The van der Waals surface area contributed by atoms with Crippen LogP contribution in [0.3, 0.4) is 0 Å². The standard InChI is InChI=1S/C62H72N8O11/c1-57(2)27-37(28-58(3,4)65-57)68-50(73)40-17-13-33(23-43(40)53(68)76)48(71)63-36-16-20-47(46(26-36)64-49(72)34-14-18-41-44(24-34)54(77)69(51(41)74)38-29-59(5,6)66-60(7,8)30-38)80-21-22-81-56(79)35-15-19-42-45(25-35)55(78)70(52(42)75)39-31-61(9,10)67-62(11,12)32-39/h13-20,23-26,37-39,65-67H,21-22,27-32H2,1-12H3,(H,63,71)(H,64,72). The Labute approximate surface area is 471 Å². The summed E-state index contributed by atoms with van der Waals surface area (Å²) in [6, 6.07) is 16.3. The molecule has 0 bridgehead atoms. The zero-order valence-electron chi connectivity index (χ0n) is 48.1. The highest BCUT2D eigenvalue weighted by molar-refractivity contribution is 6.24. The van der Waals surface area contributed by atoms with E-state index in [-0.39, 0.29) is 132 Å². The minimum absolute atomic E-state index is 0.0566. The SMILES string of the molecule is CC1(C)CC(N2C(=O)c3ccc(C(=O)Nc4ccc(OCCOC(=O)c5ccc6c(c5)C(=O)N(C5CC(C)(C)NC(C)(C)C5)C6=O)c(NC(=O)c5ccc6c(c5)C(=O)N(C5CC(C)(C)NC(C)(C)C5)C6=O)c4)cc3C2=O)CC(C)(C)N1. The fourth-order valence-electron chi connectivity index (χ4n) is 14.1. The molecule has 6 aliphatic rings. The number of nitrogens with one attached hydrogen (secondary N) is 5. The Bertz CT molecular complexity index is 3360. The van der Waals surface area contributed by atoms with Crippen LogP contribution in [-0.2, 0) is 4.74 Å². The van der Waals surface area contributed by atoms with Crippen molar-refractivity contribution in [3.8, 4) is 5.75 Å². The van der Waals surface area contributed by atoms with Gasteiger partial charge < -0.3 is 36.1 Å². The Balaban J connectivity index is 0.858. The molecular formula is C62H72N8O11. The minimum Gasteiger partial charge on any atom is -0.488 e. The number of nitrogens with zero attached hydrogens (tertiary/aromatic N) is 3. The normalized spacial score (nSPS) is 21.7. The topological polar surface area (TPSA) is 242 Å². The van der Waals surface area contributed by atoms with Crippen molar-refractivity contribution >= 4 is 64.6 Å². The summed E-state index contributed by atoms with van der Waals surface area (Å²) in [7, 11) is 0. The number of ether oxygens (including phenoxy) is 2. The van der Waals surface area contributed by atoms with Crippen LogP contribution in [0.25, 0.3) is 0 Å². The predicted octanol–water partition coefficient (Wildman–Crippen LogP) is 8.14. The molecule has 426 valence electrons. The second kappa shape index (κ2) is 19.8. The van der Waals surface area contributed by atoms with E-state index >= 15 is 0 Å². The molecule has 6 heterocycles. The Morgan fingerprint density at radius 3 is 1.15 bits per heavy atom. The molecule has 8 amide bonds. The molecule has 0 aromatic heterocycles. The quantitative estimate of drug-likeness (QED) is 0.0511. The van der Waals surface area contributed by atoms with Crippen LogP contribution in [0.1, 0.15) is 215 Å². The van der Waals surface area contributed by atoms with E-state index in [9.17, 15) is 43.2 Å². The molecule has 81 heavy (non-hydrogen) atoms. The summed E-state index contributed by atoms with van der Waals surface area (Å²) in [6.07, 6.45) is 3.30. The van der Waals surface area contributed by atoms with Crippen LogP contribution in [-0.4, -0.2) is 132 Å². The highest BCUT2D eigenvalue weighted by Gasteiger charge is 2.50. The molecule has 19 nitrogen and oxygen atoms in total. The van der Waals surface area contributed by atoms with Gasteiger partial charge >= 0.3 is 5.97 Å². The van der Waals surface area contributed by atoms with Crippen molar-refractivity contribution in [1.82, 2.24) is 30.7 Å². The van der Waals surface area contributed by atoms with E-state index in [2.05, 4.69) is 26.6 Å². The summed E-state index contributed by atoms with van der Waals surface area (Å²) >= 11 is 0. The highest BCUT2D eigenvalue weighted by Crippen LogP contribution is 2.40. The summed E-state index contributed by atoms with van der Waals surface area (Å²) in [4.78, 5) is 129. The van der Waals surface area contributed by atoms with Gasteiger partial charge in [0.05, 0.1) is 44.6 Å². The number of imide groups is 3. The predicted molar refractivity (Wildman–Crippen MR) is 302 cm³/mol. The summed E-state index contributed by atoms with van der Waals surface area (Å²) in [6.45, 7) is 23.9. The maximum atomic E-state index is 14.2. The lowest BCUT2D eigenvalue weighted by atomic mass is 9.79. The number of fused-ring (bicyclic) bond motifs is 3. The van der Waals surface area contributed by atoms with Crippen LogP contribution >= 0.6 is 0 Å². The third-order valence-corrected chi connectivity index (χ3v) is 16.2. The van der Waals surface area contributed by atoms with Gasteiger partial charge in [-0.25, -0.2) is 4.79 Å². The largest absolute Gasteiger partial charge is 0.488 e. The first-order chi connectivity index (χ1) is 37.7. The van der Waals surface area contributed by atoms with Crippen molar-refractivity contribution < 1.29 is 52.6 Å². The van der Waals surface area contributed by atoms with Crippen molar-refractivity contribution in [1.29, 1.82) is 0 Å². The van der Waals surface area contributed by atoms with E-state index in [1.54, 1.807) is 0 Å². The van der Waals surface area contributed by atoms with Crippen LogP contribution in [0, 0.1) is 0 Å². The molecule has 19 heteroatoms. The fourth-order valence-corrected chi connectivity index (χ4v) is 14.1. The molecule has 0 radical (unpaired) electrons. The Hall–Kier alpha value is -7.61. The van der Waals surface area contributed by atoms with Crippen LogP contribution in [0.15, 0.2) is 72.8 Å². The molecule has 0 unspecified atom stereocenters. The molecule has 4 aromatic rings. The zero-order valence-corrected chi connectivity index (χ0v) is 48.1. The van der Waals surface area contributed by atoms with Crippen LogP contribution in [0.5, 0.6) is 5.75 Å². The lowest BCUT2D eigenvalue weighted by Crippen LogP contribution is -2.62. The monoisotopic (exact) mass is 1100 g/mol. The molecular weight excluding hydrogens is 1030 g/mol. The van der Waals surface area contributed by atoms with Crippen LogP contribution < -0.4 is 31.3 Å². The number of amides is 8. The molecule has 5 N–H and O–H groups in total. The van der Waals surface area contributed by atoms with E-state index < -0.39 is 53.2 Å². The molecule has 0 aliphatic carbocycles. The van der Waals surface area contributed by atoms with Gasteiger partial charge in [-0.2, -0.15) is 0 Å². The zero-order chi connectivity index (χ0) is 58.7. The van der Waals surface area contributed by atoms with Crippen molar-refractivity contribution in [2.75, 3.05) is 23.8 Å². The molecule has 6 aliphatic heterocycles. The van der Waals surface area contributed by atoms with Crippen molar-refractivity contribution in [2.45, 2.75) is 173 Å². The van der Waals surface area contributed by atoms with E-state index in [1.807, 2.05) is 83.1 Å². The van der Waals surface area contributed by atoms with E-state index in [4.69, 9.17) is 9.47 Å². The molecule has 0 saturated carbocycles. The van der Waals surface area contributed by atoms with Gasteiger partial charge in [-0.15, -0.1) is 0 Å².